The Labute approximate surface area is 195 Å². The summed E-state index contributed by atoms with van der Waals surface area (Å²) < 4.78 is 1.62. The summed E-state index contributed by atoms with van der Waals surface area (Å²) in [5.74, 6) is -0.00984. The van der Waals surface area contributed by atoms with E-state index < -0.39 is 0 Å². The number of carbonyl (C=O) groups is 1. The van der Waals surface area contributed by atoms with Gasteiger partial charge in [0.2, 0.25) is 5.91 Å². The zero-order chi connectivity index (χ0) is 22.7. The van der Waals surface area contributed by atoms with Gasteiger partial charge in [-0.1, -0.05) is 53.7 Å². The van der Waals surface area contributed by atoms with Crippen LogP contribution in [0.4, 0.5) is 5.69 Å². The van der Waals surface area contributed by atoms with Crippen LogP contribution >= 0.6 is 23.5 Å². The molecule has 1 aromatic heterocycles. The summed E-state index contributed by atoms with van der Waals surface area (Å²) in [6.07, 6.45) is 1.97. The summed E-state index contributed by atoms with van der Waals surface area (Å²) in [5.41, 5.74) is 4.13. The summed E-state index contributed by atoms with van der Waals surface area (Å²) in [6, 6.07) is 20.9. The molecule has 0 spiro atoms. The molecule has 4 rings (SSSR count). The van der Waals surface area contributed by atoms with E-state index in [-0.39, 0.29) is 17.2 Å². The second kappa shape index (κ2) is 9.63. The largest absolute Gasteiger partial charge is 0.324 e. The van der Waals surface area contributed by atoms with E-state index in [1.165, 1.54) is 11.8 Å². The van der Waals surface area contributed by atoms with Gasteiger partial charge in [-0.2, -0.15) is 0 Å². The Morgan fingerprint density at radius 2 is 1.78 bits per heavy atom. The van der Waals surface area contributed by atoms with Crippen LogP contribution in [0.25, 0.3) is 16.6 Å². The highest BCUT2D eigenvalue weighted by Crippen LogP contribution is 2.26. The van der Waals surface area contributed by atoms with Crippen LogP contribution in [0.2, 0.25) is 0 Å². The van der Waals surface area contributed by atoms with Gasteiger partial charge in [-0.3, -0.25) is 14.2 Å². The molecule has 3 aromatic carbocycles. The number of hydrogen-bond donors (Lipinski definition) is 1. The number of rotatable bonds is 6. The maximum Gasteiger partial charge on any atom is 0.266 e. The third kappa shape index (κ3) is 4.59. The van der Waals surface area contributed by atoms with Gasteiger partial charge in [-0.15, -0.1) is 11.8 Å². The number of anilines is 1. The minimum absolute atomic E-state index is 0.137. The van der Waals surface area contributed by atoms with Gasteiger partial charge >= 0.3 is 0 Å². The highest BCUT2D eigenvalue weighted by Gasteiger charge is 2.16. The van der Waals surface area contributed by atoms with Crippen LogP contribution in [-0.4, -0.2) is 27.5 Å². The first-order chi connectivity index (χ1) is 15.5. The summed E-state index contributed by atoms with van der Waals surface area (Å²) in [4.78, 5) is 31.9. The summed E-state index contributed by atoms with van der Waals surface area (Å²) in [7, 11) is 0. The van der Waals surface area contributed by atoms with Gasteiger partial charge in [0.1, 0.15) is 0 Å². The molecule has 4 aromatic rings. The predicted octanol–water partition coefficient (Wildman–Crippen LogP) is 5.46. The van der Waals surface area contributed by atoms with Crippen molar-refractivity contribution in [1.82, 2.24) is 9.55 Å². The first kappa shape index (κ1) is 22.2. The van der Waals surface area contributed by atoms with E-state index >= 15 is 0 Å². The number of fused-ring (bicyclic) bond motifs is 1. The Kier molecular flexibility index (Phi) is 6.67. The van der Waals surface area contributed by atoms with E-state index in [1.807, 2.05) is 80.8 Å². The fourth-order valence-corrected chi connectivity index (χ4v) is 4.90. The van der Waals surface area contributed by atoms with Crippen LogP contribution in [0.1, 0.15) is 11.1 Å². The van der Waals surface area contributed by atoms with E-state index in [9.17, 15) is 9.59 Å². The van der Waals surface area contributed by atoms with Crippen LogP contribution in [0.5, 0.6) is 0 Å². The minimum Gasteiger partial charge on any atom is -0.324 e. The molecule has 0 atom stereocenters. The lowest BCUT2D eigenvalue weighted by atomic mass is 10.1. The molecule has 1 N–H and O–H groups in total. The van der Waals surface area contributed by atoms with E-state index in [4.69, 9.17) is 4.98 Å². The number of aromatic nitrogens is 2. The molecule has 5 nitrogen and oxygen atoms in total. The molecule has 0 bridgehead atoms. The fraction of sp³-hybridized carbons (Fsp3) is 0.160. The zero-order valence-corrected chi connectivity index (χ0v) is 19.7. The van der Waals surface area contributed by atoms with Crippen LogP contribution in [0.3, 0.4) is 0 Å². The molecule has 0 fully saturated rings. The van der Waals surface area contributed by atoms with Crippen molar-refractivity contribution in [2.75, 3.05) is 17.3 Å². The predicted molar refractivity (Wildman–Crippen MR) is 134 cm³/mol. The molecule has 32 heavy (non-hydrogen) atoms. The van der Waals surface area contributed by atoms with Crippen molar-refractivity contribution >= 4 is 46.0 Å². The lowest BCUT2D eigenvalue weighted by molar-refractivity contribution is -0.113. The molecule has 0 unspecified atom stereocenters. The standard InChI is InChI=1S/C25H23N3O2S2/c1-16-12-13-21(17(2)14-16)28-24(30)18-8-4-5-9-19(18)27-25(28)32-15-23(29)26-20-10-6-7-11-22(20)31-3/h4-14H,15H2,1-3H3,(H,26,29). The number of benzene rings is 3. The van der Waals surface area contributed by atoms with Crippen LogP contribution < -0.4 is 10.9 Å². The Hall–Kier alpha value is -3.03. The Morgan fingerprint density at radius 3 is 2.56 bits per heavy atom. The maximum absolute atomic E-state index is 13.4. The quantitative estimate of drug-likeness (QED) is 0.305. The van der Waals surface area contributed by atoms with Gasteiger partial charge < -0.3 is 5.32 Å². The molecule has 0 aliphatic rings. The average Bonchev–Trinajstić information content (AvgIpc) is 2.79. The summed E-state index contributed by atoms with van der Waals surface area (Å²) in [6.45, 7) is 4.00. The second-order valence-electron chi connectivity index (χ2n) is 7.38. The maximum atomic E-state index is 13.4. The average molecular weight is 462 g/mol. The molecule has 0 aliphatic carbocycles. The molecule has 0 aliphatic heterocycles. The number of hydrogen-bond acceptors (Lipinski definition) is 5. The number of nitrogens with zero attached hydrogens (tertiary/aromatic N) is 2. The normalized spacial score (nSPS) is 11.0. The van der Waals surface area contributed by atoms with Gasteiger partial charge in [0, 0.05) is 4.90 Å². The first-order valence-corrected chi connectivity index (χ1v) is 12.3. The molecular weight excluding hydrogens is 438 g/mol. The molecule has 0 saturated heterocycles. The van der Waals surface area contributed by atoms with Gasteiger partial charge in [0.05, 0.1) is 28.0 Å². The zero-order valence-electron chi connectivity index (χ0n) is 18.1. The van der Waals surface area contributed by atoms with Crippen molar-refractivity contribution in [3.8, 4) is 5.69 Å². The van der Waals surface area contributed by atoms with Crippen molar-refractivity contribution < 1.29 is 4.79 Å². The molecule has 7 heteroatoms. The van der Waals surface area contributed by atoms with Crippen molar-refractivity contribution in [2.24, 2.45) is 0 Å². The number of aryl methyl sites for hydroxylation is 2. The van der Waals surface area contributed by atoms with Crippen LogP contribution in [0.15, 0.2) is 81.6 Å². The molecule has 0 radical (unpaired) electrons. The van der Waals surface area contributed by atoms with E-state index in [0.29, 0.717) is 16.1 Å². The fourth-order valence-electron chi connectivity index (χ4n) is 3.54. The molecule has 1 amide bonds. The smallest absolute Gasteiger partial charge is 0.266 e. The van der Waals surface area contributed by atoms with Crippen LogP contribution in [-0.2, 0) is 4.79 Å². The monoisotopic (exact) mass is 461 g/mol. The third-order valence-corrected chi connectivity index (χ3v) is 6.79. The SMILES string of the molecule is CSc1ccccc1NC(=O)CSc1nc2ccccc2c(=O)n1-c1ccc(C)cc1C. The molecule has 0 saturated carbocycles. The van der Waals surface area contributed by atoms with Crippen molar-refractivity contribution in [3.63, 3.8) is 0 Å². The number of carbonyl (C=O) groups excluding carboxylic acids is 1. The number of amides is 1. The second-order valence-corrected chi connectivity index (χ2v) is 9.17. The van der Waals surface area contributed by atoms with Gasteiger partial charge in [-0.05, 0) is 56.0 Å². The Bertz CT molecular complexity index is 1370. The lowest BCUT2D eigenvalue weighted by Crippen LogP contribution is -2.23. The molecule has 162 valence electrons. The van der Waals surface area contributed by atoms with Crippen molar-refractivity contribution in [3.05, 3.63) is 88.2 Å². The Balaban J connectivity index is 1.70. The minimum atomic E-state index is -0.147. The topological polar surface area (TPSA) is 64.0 Å². The highest BCUT2D eigenvalue weighted by molar-refractivity contribution is 7.99. The summed E-state index contributed by atoms with van der Waals surface area (Å²) in [5, 5.41) is 4.01. The van der Waals surface area contributed by atoms with Gasteiger partial charge in [-0.25, -0.2) is 4.98 Å². The van der Waals surface area contributed by atoms with Gasteiger partial charge in [0.25, 0.3) is 5.56 Å². The van der Waals surface area contributed by atoms with Gasteiger partial charge in [0.15, 0.2) is 5.16 Å². The number of para-hydroxylation sites is 2. The van der Waals surface area contributed by atoms with E-state index in [2.05, 4.69) is 5.32 Å². The van der Waals surface area contributed by atoms with Crippen LogP contribution in [0, 0.1) is 13.8 Å². The summed E-state index contributed by atoms with van der Waals surface area (Å²) >= 11 is 2.84. The molecule has 1 heterocycles. The van der Waals surface area contributed by atoms with Crippen molar-refractivity contribution in [1.29, 1.82) is 0 Å². The van der Waals surface area contributed by atoms with Crippen molar-refractivity contribution in [2.45, 2.75) is 23.9 Å². The number of thioether (sulfide) groups is 2. The van der Waals surface area contributed by atoms with E-state index in [1.54, 1.807) is 22.4 Å². The van der Waals surface area contributed by atoms with E-state index in [0.717, 1.165) is 27.4 Å². The highest BCUT2D eigenvalue weighted by atomic mass is 32.2. The number of nitrogens with one attached hydrogen (secondary N) is 1. The lowest BCUT2D eigenvalue weighted by Gasteiger charge is -2.16. The molecular formula is C25H23N3O2S2. The third-order valence-electron chi connectivity index (χ3n) is 5.05. The first-order valence-electron chi connectivity index (χ1n) is 10.1. The Morgan fingerprint density at radius 1 is 1.03 bits per heavy atom.